The third kappa shape index (κ3) is 2.33. The number of anilines is 1. The van der Waals surface area contributed by atoms with E-state index in [1.165, 1.54) is 0 Å². The molecular weight excluding hydrogens is 250 g/mol. The molecule has 1 aliphatic heterocycles. The number of aromatic nitrogens is 2. The molecule has 0 aliphatic carbocycles. The Balaban J connectivity index is 1.68. The monoisotopic (exact) mass is 261 g/mol. The van der Waals surface area contributed by atoms with E-state index >= 15 is 0 Å². The van der Waals surface area contributed by atoms with E-state index in [1.807, 2.05) is 24.3 Å². The van der Waals surface area contributed by atoms with E-state index in [0.717, 1.165) is 27.8 Å². The van der Waals surface area contributed by atoms with E-state index in [0.29, 0.717) is 12.6 Å². The number of thioether (sulfide) groups is 1. The molecule has 6 heteroatoms. The van der Waals surface area contributed by atoms with E-state index in [-0.39, 0.29) is 0 Å². The van der Waals surface area contributed by atoms with Gasteiger partial charge in [-0.2, -0.15) is 0 Å². The van der Waals surface area contributed by atoms with Gasteiger partial charge in [-0.3, -0.25) is 0 Å². The molecule has 0 spiro atoms. The molecule has 0 unspecified atom stereocenters. The first-order valence-electron chi connectivity index (χ1n) is 5.42. The molecule has 0 amide bonds. The van der Waals surface area contributed by atoms with Crippen LogP contribution in [0, 0.1) is 0 Å². The first-order chi connectivity index (χ1) is 8.81. The van der Waals surface area contributed by atoms with Crippen LogP contribution in [0.5, 0.6) is 11.5 Å². The molecule has 0 radical (unpaired) electrons. The fourth-order valence-electron chi connectivity index (χ4n) is 1.60. The Bertz CT molecular complexity index is 560. The van der Waals surface area contributed by atoms with Crippen LogP contribution in [0.4, 0.5) is 5.82 Å². The Morgan fingerprint density at radius 2 is 2.00 bits per heavy atom. The van der Waals surface area contributed by atoms with Gasteiger partial charge in [0, 0.05) is 5.75 Å². The largest absolute Gasteiger partial charge is 0.454 e. The van der Waals surface area contributed by atoms with Crippen molar-refractivity contribution in [1.29, 1.82) is 0 Å². The highest BCUT2D eigenvalue weighted by molar-refractivity contribution is 7.98. The molecule has 0 bridgehead atoms. The number of ether oxygens (including phenoxy) is 2. The predicted octanol–water partition coefficient (Wildman–Crippen LogP) is 2.08. The molecule has 5 nitrogen and oxygen atoms in total. The predicted molar refractivity (Wildman–Crippen MR) is 68.6 cm³/mol. The van der Waals surface area contributed by atoms with Crippen molar-refractivity contribution in [1.82, 2.24) is 10.2 Å². The van der Waals surface area contributed by atoms with Crippen molar-refractivity contribution in [2.24, 2.45) is 0 Å². The third-order valence-corrected chi connectivity index (χ3v) is 3.48. The van der Waals surface area contributed by atoms with Crippen molar-refractivity contribution in [3.05, 3.63) is 35.9 Å². The van der Waals surface area contributed by atoms with Gasteiger partial charge in [0.2, 0.25) is 6.79 Å². The second kappa shape index (κ2) is 4.73. The van der Waals surface area contributed by atoms with Crippen molar-refractivity contribution in [3.63, 3.8) is 0 Å². The maximum Gasteiger partial charge on any atom is 0.231 e. The van der Waals surface area contributed by atoms with Gasteiger partial charge in [0.1, 0.15) is 10.8 Å². The van der Waals surface area contributed by atoms with Gasteiger partial charge in [0.25, 0.3) is 0 Å². The molecule has 1 aromatic heterocycles. The average molecular weight is 261 g/mol. The quantitative estimate of drug-likeness (QED) is 0.853. The number of hydrogen-bond acceptors (Lipinski definition) is 6. The first kappa shape index (κ1) is 11.2. The van der Waals surface area contributed by atoms with E-state index in [4.69, 9.17) is 15.2 Å². The minimum Gasteiger partial charge on any atom is -0.454 e. The van der Waals surface area contributed by atoms with Gasteiger partial charge in [-0.1, -0.05) is 17.8 Å². The van der Waals surface area contributed by atoms with Gasteiger partial charge in [0.15, 0.2) is 11.5 Å². The highest BCUT2D eigenvalue weighted by Gasteiger charge is 2.13. The number of benzene rings is 1. The maximum atomic E-state index is 5.48. The minimum atomic E-state index is 0.301. The Morgan fingerprint density at radius 3 is 2.83 bits per heavy atom. The van der Waals surface area contributed by atoms with Crippen molar-refractivity contribution in [2.45, 2.75) is 10.8 Å². The molecule has 18 heavy (non-hydrogen) atoms. The van der Waals surface area contributed by atoms with Gasteiger partial charge in [-0.05, 0) is 29.8 Å². The average Bonchev–Trinajstić information content (AvgIpc) is 2.85. The lowest BCUT2D eigenvalue weighted by Crippen LogP contribution is -1.93. The summed E-state index contributed by atoms with van der Waals surface area (Å²) in [4.78, 5) is 0. The molecule has 3 rings (SSSR count). The first-order valence-corrected chi connectivity index (χ1v) is 6.40. The van der Waals surface area contributed by atoms with Crippen LogP contribution in [0.3, 0.4) is 0 Å². The summed E-state index contributed by atoms with van der Waals surface area (Å²) in [6.45, 7) is 0.301. The Kier molecular flexibility index (Phi) is 2.93. The summed E-state index contributed by atoms with van der Waals surface area (Å²) in [6.07, 6.45) is 0. The zero-order chi connectivity index (χ0) is 12.4. The summed E-state index contributed by atoms with van der Waals surface area (Å²) in [7, 11) is 0. The molecule has 2 aromatic rings. The standard InChI is InChI=1S/C12H11N3O2S/c13-11-3-4-12(15-14-11)18-6-8-1-2-9-10(5-8)17-7-16-9/h1-5H,6-7H2,(H2,13,14). The Hall–Kier alpha value is -1.95. The van der Waals surface area contributed by atoms with Crippen molar-refractivity contribution in [3.8, 4) is 11.5 Å². The van der Waals surface area contributed by atoms with Gasteiger partial charge in [0.05, 0.1) is 0 Å². The number of nitrogens with two attached hydrogens (primary N) is 1. The topological polar surface area (TPSA) is 70.3 Å². The van der Waals surface area contributed by atoms with Crippen molar-refractivity contribution >= 4 is 17.6 Å². The number of nitrogens with zero attached hydrogens (tertiary/aromatic N) is 2. The summed E-state index contributed by atoms with van der Waals surface area (Å²) >= 11 is 1.60. The van der Waals surface area contributed by atoms with Gasteiger partial charge in [-0.15, -0.1) is 10.2 Å². The summed E-state index contributed by atoms with van der Waals surface area (Å²) < 4.78 is 10.6. The second-order valence-electron chi connectivity index (χ2n) is 3.77. The highest BCUT2D eigenvalue weighted by Crippen LogP contribution is 2.34. The molecule has 0 atom stereocenters. The lowest BCUT2D eigenvalue weighted by molar-refractivity contribution is 0.174. The third-order valence-electron chi connectivity index (χ3n) is 2.48. The SMILES string of the molecule is Nc1ccc(SCc2ccc3c(c2)OCO3)nn1. The zero-order valence-electron chi connectivity index (χ0n) is 9.50. The molecule has 1 aliphatic rings. The van der Waals surface area contributed by atoms with Crippen LogP contribution in [0.25, 0.3) is 0 Å². The van der Waals surface area contributed by atoms with Gasteiger partial charge >= 0.3 is 0 Å². The van der Waals surface area contributed by atoms with Crippen LogP contribution >= 0.6 is 11.8 Å². The Morgan fingerprint density at radius 1 is 1.11 bits per heavy atom. The van der Waals surface area contributed by atoms with Crippen LogP contribution in [-0.4, -0.2) is 17.0 Å². The fraction of sp³-hybridized carbons (Fsp3) is 0.167. The van der Waals surface area contributed by atoms with Crippen LogP contribution in [0.2, 0.25) is 0 Å². The smallest absolute Gasteiger partial charge is 0.231 e. The van der Waals surface area contributed by atoms with Crippen LogP contribution < -0.4 is 15.2 Å². The number of hydrogen-bond donors (Lipinski definition) is 1. The molecule has 0 saturated heterocycles. The second-order valence-corrected chi connectivity index (χ2v) is 4.77. The summed E-state index contributed by atoms with van der Waals surface area (Å²) in [5.41, 5.74) is 6.64. The molecular formula is C12H11N3O2S. The van der Waals surface area contributed by atoms with Gasteiger partial charge < -0.3 is 15.2 Å². The summed E-state index contributed by atoms with van der Waals surface area (Å²) in [5.74, 6) is 2.84. The minimum absolute atomic E-state index is 0.301. The molecule has 0 saturated carbocycles. The zero-order valence-corrected chi connectivity index (χ0v) is 10.3. The summed E-state index contributed by atoms with van der Waals surface area (Å²) in [5, 5.41) is 8.66. The van der Waals surface area contributed by atoms with Crippen LogP contribution in [0.1, 0.15) is 5.56 Å². The molecule has 2 heterocycles. The lowest BCUT2D eigenvalue weighted by Gasteiger charge is -2.02. The van der Waals surface area contributed by atoms with E-state index in [1.54, 1.807) is 17.8 Å². The highest BCUT2D eigenvalue weighted by atomic mass is 32.2. The van der Waals surface area contributed by atoms with Crippen LogP contribution in [-0.2, 0) is 5.75 Å². The molecule has 1 aromatic carbocycles. The Labute approximate surface area is 108 Å². The molecule has 92 valence electrons. The van der Waals surface area contributed by atoms with E-state index in [2.05, 4.69) is 10.2 Å². The normalized spacial score (nSPS) is 12.7. The van der Waals surface area contributed by atoms with E-state index in [9.17, 15) is 0 Å². The van der Waals surface area contributed by atoms with Crippen LogP contribution in [0.15, 0.2) is 35.4 Å². The van der Waals surface area contributed by atoms with E-state index < -0.39 is 0 Å². The van der Waals surface area contributed by atoms with Crippen molar-refractivity contribution < 1.29 is 9.47 Å². The number of fused-ring (bicyclic) bond motifs is 1. The summed E-state index contributed by atoms with van der Waals surface area (Å²) in [6, 6.07) is 9.53. The number of rotatable bonds is 3. The lowest BCUT2D eigenvalue weighted by atomic mass is 10.2. The van der Waals surface area contributed by atoms with Gasteiger partial charge in [-0.25, -0.2) is 0 Å². The molecule has 0 fully saturated rings. The molecule has 2 N–H and O–H groups in total. The fourth-order valence-corrected chi connectivity index (χ4v) is 2.35. The van der Waals surface area contributed by atoms with Crippen molar-refractivity contribution in [2.75, 3.05) is 12.5 Å². The number of nitrogen functional groups attached to an aromatic ring is 1. The maximum absolute atomic E-state index is 5.48.